The van der Waals surface area contributed by atoms with Gasteiger partial charge in [-0.2, -0.15) is 0 Å². The van der Waals surface area contributed by atoms with Gasteiger partial charge in [0, 0.05) is 30.6 Å². The lowest BCUT2D eigenvalue weighted by atomic mass is 10.1. The van der Waals surface area contributed by atoms with E-state index in [0.29, 0.717) is 18.8 Å². The van der Waals surface area contributed by atoms with Crippen LogP contribution in [-0.4, -0.2) is 26.7 Å². The van der Waals surface area contributed by atoms with Crippen LogP contribution in [0.5, 0.6) is 11.5 Å². The molecule has 1 unspecified atom stereocenters. The maximum absolute atomic E-state index is 11.6. The highest BCUT2D eigenvalue weighted by molar-refractivity contribution is 5.78. The second-order valence-corrected chi connectivity index (χ2v) is 4.03. The van der Waals surface area contributed by atoms with E-state index >= 15 is 0 Å². The summed E-state index contributed by atoms with van der Waals surface area (Å²) in [5.74, 6) is 1.16. The van der Waals surface area contributed by atoms with E-state index in [0.717, 1.165) is 11.3 Å². The third-order valence-electron chi connectivity index (χ3n) is 2.75. The molecule has 1 aromatic carbocycles. The number of carbonyl (C=O) groups excluding carboxylic acids is 1. The van der Waals surface area contributed by atoms with Crippen molar-refractivity contribution in [2.45, 2.75) is 13.5 Å². The van der Waals surface area contributed by atoms with Crippen molar-refractivity contribution in [3.8, 4) is 11.5 Å². The third-order valence-corrected chi connectivity index (χ3v) is 2.75. The van der Waals surface area contributed by atoms with Crippen LogP contribution in [0.25, 0.3) is 0 Å². The molecule has 1 atom stereocenters. The van der Waals surface area contributed by atoms with E-state index in [1.165, 1.54) is 0 Å². The lowest BCUT2D eigenvalue weighted by Gasteiger charge is -2.13. The third kappa shape index (κ3) is 3.63. The normalized spacial score (nSPS) is 11.8. The van der Waals surface area contributed by atoms with Crippen molar-refractivity contribution < 1.29 is 14.3 Å². The molecular formula is C13H20N2O3. The van der Waals surface area contributed by atoms with E-state index < -0.39 is 0 Å². The molecule has 5 heteroatoms. The van der Waals surface area contributed by atoms with Crippen molar-refractivity contribution in [1.29, 1.82) is 0 Å². The number of hydrogen-bond acceptors (Lipinski definition) is 4. The zero-order chi connectivity index (χ0) is 13.5. The summed E-state index contributed by atoms with van der Waals surface area (Å²) in [6, 6.07) is 5.48. The molecule has 1 amide bonds. The van der Waals surface area contributed by atoms with Gasteiger partial charge in [0.25, 0.3) is 0 Å². The zero-order valence-electron chi connectivity index (χ0n) is 11.0. The van der Waals surface area contributed by atoms with E-state index in [2.05, 4.69) is 5.32 Å². The van der Waals surface area contributed by atoms with Gasteiger partial charge in [0.2, 0.25) is 5.91 Å². The molecule has 3 N–H and O–H groups in total. The van der Waals surface area contributed by atoms with Gasteiger partial charge in [-0.3, -0.25) is 4.79 Å². The molecule has 0 fully saturated rings. The van der Waals surface area contributed by atoms with Crippen molar-refractivity contribution in [3.63, 3.8) is 0 Å². The first-order chi connectivity index (χ1) is 8.62. The van der Waals surface area contributed by atoms with Crippen LogP contribution < -0.4 is 20.5 Å². The van der Waals surface area contributed by atoms with Crippen LogP contribution in [0, 0.1) is 5.92 Å². The number of nitrogens with one attached hydrogen (secondary N) is 1. The van der Waals surface area contributed by atoms with Crippen LogP contribution in [0.2, 0.25) is 0 Å². The van der Waals surface area contributed by atoms with Gasteiger partial charge in [0.1, 0.15) is 11.5 Å². The Balaban J connectivity index is 2.70. The summed E-state index contributed by atoms with van der Waals surface area (Å²) in [6.45, 7) is 2.54. The Morgan fingerprint density at radius 3 is 2.67 bits per heavy atom. The molecule has 0 aromatic heterocycles. The molecule has 18 heavy (non-hydrogen) atoms. The number of carbonyl (C=O) groups is 1. The Bertz CT molecular complexity index is 407. The smallest absolute Gasteiger partial charge is 0.224 e. The predicted molar refractivity (Wildman–Crippen MR) is 69.6 cm³/mol. The highest BCUT2D eigenvalue weighted by Gasteiger charge is 2.11. The lowest BCUT2D eigenvalue weighted by Crippen LogP contribution is -2.32. The maximum atomic E-state index is 11.6. The largest absolute Gasteiger partial charge is 0.497 e. The van der Waals surface area contributed by atoms with E-state index in [-0.39, 0.29) is 11.8 Å². The topological polar surface area (TPSA) is 73.6 Å². The quantitative estimate of drug-likeness (QED) is 0.789. The van der Waals surface area contributed by atoms with Crippen LogP contribution in [0.1, 0.15) is 12.5 Å². The molecule has 0 aliphatic heterocycles. The molecule has 0 heterocycles. The van der Waals surface area contributed by atoms with Crippen molar-refractivity contribution in [1.82, 2.24) is 5.32 Å². The standard InChI is InChI=1S/C13H20N2O3/c1-9(7-14)13(16)15-8-10-4-5-11(17-2)6-12(10)18-3/h4-6,9H,7-8,14H2,1-3H3,(H,15,16). The first-order valence-electron chi connectivity index (χ1n) is 5.81. The average Bonchev–Trinajstić information content (AvgIpc) is 2.43. The molecule has 1 rings (SSSR count). The summed E-state index contributed by atoms with van der Waals surface area (Å²) < 4.78 is 10.4. The fourth-order valence-corrected chi connectivity index (χ4v) is 1.46. The number of benzene rings is 1. The molecule has 0 bridgehead atoms. The summed E-state index contributed by atoms with van der Waals surface area (Å²) in [5, 5.41) is 2.82. The van der Waals surface area contributed by atoms with Crippen molar-refractivity contribution in [2.24, 2.45) is 11.7 Å². The Hall–Kier alpha value is -1.75. The van der Waals surface area contributed by atoms with Gasteiger partial charge < -0.3 is 20.5 Å². The molecule has 0 saturated carbocycles. The highest BCUT2D eigenvalue weighted by atomic mass is 16.5. The second-order valence-electron chi connectivity index (χ2n) is 4.03. The number of rotatable bonds is 6. The summed E-state index contributed by atoms with van der Waals surface area (Å²) in [4.78, 5) is 11.6. The SMILES string of the molecule is COc1ccc(CNC(=O)C(C)CN)c(OC)c1. The number of nitrogens with two attached hydrogens (primary N) is 1. The van der Waals surface area contributed by atoms with Crippen molar-refractivity contribution in [2.75, 3.05) is 20.8 Å². The van der Waals surface area contributed by atoms with Crippen molar-refractivity contribution in [3.05, 3.63) is 23.8 Å². The monoisotopic (exact) mass is 252 g/mol. The van der Waals surface area contributed by atoms with E-state index in [1.807, 2.05) is 12.1 Å². The zero-order valence-corrected chi connectivity index (χ0v) is 11.0. The Morgan fingerprint density at radius 1 is 1.39 bits per heavy atom. The predicted octanol–water partition coefficient (Wildman–Crippen LogP) is 0.915. The van der Waals surface area contributed by atoms with Gasteiger partial charge in [-0.05, 0) is 12.1 Å². The molecule has 0 radical (unpaired) electrons. The van der Waals surface area contributed by atoms with Gasteiger partial charge >= 0.3 is 0 Å². The Morgan fingerprint density at radius 2 is 2.11 bits per heavy atom. The van der Waals surface area contributed by atoms with Crippen molar-refractivity contribution >= 4 is 5.91 Å². The Labute approximate surface area is 107 Å². The average molecular weight is 252 g/mol. The van der Waals surface area contributed by atoms with Gasteiger partial charge in [-0.1, -0.05) is 6.92 Å². The molecule has 100 valence electrons. The van der Waals surface area contributed by atoms with E-state index in [1.54, 1.807) is 27.2 Å². The van der Waals surface area contributed by atoms with Crippen LogP contribution in [0.4, 0.5) is 0 Å². The Kier molecular flexibility index (Phi) is 5.45. The number of hydrogen-bond donors (Lipinski definition) is 2. The summed E-state index contributed by atoms with van der Waals surface area (Å²) in [5.41, 5.74) is 6.33. The molecule has 0 saturated heterocycles. The second kappa shape index (κ2) is 6.86. The number of methoxy groups -OCH3 is 2. The number of ether oxygens (including phenoxy) is 2. The van der Waals surface area contributed by atoms with Gasteiger partial charge in [0.05, 0.1) is 14.2 Å². The van der Waals surface area contributed by atoms with Crippen LogP contribution in [0.3, 0.4) is 0 Å². The fourth-order valence-electron chi connectivity index (χ4n) is 1.46. The van der Waals surface area contributed by atoms with E-state index in [9.17, 15) is 4.79 Å². The fraction of sp³-hybridized carbons (Fsp3) is 0.462. The van der Waals surface area contributed by atoms with Crippen LogP contribution in [0.15, 0.2) is 18.2 Å². The molecule has 5 nitrogen and oxygen atoms in total. The first kappa shape index (κ1) is 14.3. The summed E-state index contributed by atoms with van der Waals surface area (Å²) in [6.07, 6.45) is 0. The van der Waals surface area contributed by atoms with Gasteiger partial charge in [-0.15, -0.1) is 0 Å². The minimum atomic E-state index is -0.186. The summed E-state index contributed by atoms with van der Waals surface area (Å²) >= 11 is 0. The molecule has 0 spiro atoms. The van der Waals surface area contributed by atoms with Gasteiger partial charge in [-0.25, -0.2) is 0 Å². The first-order valence-corrected chi connectivity index (χ1v) is 5.81. The minimum Gasteiger partial charge on any atom is -0.497 e. The molecule has 1 aromatic rings. The molecular weight excluding hydrogens is 232 g/mol. The number of amides is 1. The highest BCUT2D eigenvalue weighted by Crippen LogP contribution is 2.24. The van der Waals surface area contributed by atoms with Gasteiger partial charge in [0.15, 0.2) is 0 Å². The minimum absolute atomic E-state index is 0.0598. The van der Waals surface area contributed by atoms with Crippen LogP contribution in [-0.2, 0) is 11.3 Å². The molecule has 0 aliphatic carbocycles. The lowest BCUT2D eigenvalue weighted by molar-refractivity contribution is -0.124. The molecule has 0 aliphatic rings. The summed E-state index contributed by atoms with van der Waals surface area (Å²) in [7, 11) is 3.18. The van der Waals surface area contributed by atoms with Crippen LogP contribution >= 0.6 is 0 Å². The maximum Gasteiger partial charge on any atom is 0.224 e. The van der Waals surface area contributed by atoms with E-state index in [4.69, 9.17) is 15.2 Å².